The molecule has 0 radical (unpaired) electrons. The Hall–Kier alpha value is -0.770. The Kier molecular flexibility index (Phi) is 8.63. The molecule has 19 heavy (non-hydrogen) atoms. The Morgan fingerprint density at radius 1 is 1.32 bits per heavy atom. The highest BCUT2D eigenvalue weighted by molar-refractivity contribution is 5.79. The van der Waals surface area contributed by atoms with Gasteiger partial charge in [0.2, 0.25) is 0 Å². The van der Waals surface area contributed by atoms with Crippen LogP contribution in [-0.2, 0) is 4.74 Å². The van der Waals surface area contributed by atoms with Gasteiger partial charge in [-0.05, 0) is 32.1 Å². The number of rotatable bonds is 10. The second-order valence-electron chi connectivity index (χ2n) is 5.38. The molecule has 0 atom stereocenters. The highest BCUT2D eigenvalue weighted by Gasteiger charge is 2.21. The molecular weight excluding hydrogens is 238 g/mol. The van der Waals surface area contributed by atoms with E-state index in [0.717, 1.165) is 44.7 Å². The van der Waals surface area contributed by atoms with Crippen LogP contribution in [-0.4, -0.2) is 50.8 Å². The van der Waals surface area contributed by atoms with Crippen LogP contribution < -0.4 is 5.32 Å². The van der Waals surface area contributed by atoms with Gasteiger partial charge in [0.25, 0.3) is 0 Å². The van der Waals surface area contributed by atoms with E-state index in [1.807, 2.05) is 0 Å². The van der Waals surface area contributed by atoms with Crippen LogP contribution in [0.25, 0.3) is 0 Å². The van der Waals surface area contributed by atoms with E-state index < -0.39 is 0 Å². The summed E-state index contributed by atoms with van der Waals surface area (Å²) in [4.78, 5) is 6.82. The molecule has 0 saturated heterocycles. The van der Waals surface area contributed by atoms with Crippen molar-refractivity contribution < 1.29 is 4.74 Å². The highest BCUT2D eigenvalue weighted by atomic mass is 16.5. The smallest absolute Gasteiger partial charge is 0.193 e. The Bertz CT molecular complexity index is 252. The molecule has 112 valence electrons. The fraction of sp³-hybridized carbons (Fsp3) is 0.933. The first-order valence-electron chi connectivity index (χ1n) is 7.85. The maximum absolute atomic E-state index is 5.68. The average molecular weight is 269 g/mol. The van der Waals surface area contributed by atoms with Gasteiger partial charge in [0.15, 0.2) is 5.96 Å². The molecule has 0 spiro atoms. The maximum atomic E-state index is 5.68. The van der Waals surface area contributed by atoms with E-state index in [0.29, 0.717) is 0 Å². The second kappa shape index (κ2) is 10.1. The molecule has 0 aromatic carbocycles. The lowest BCUT2D eigenvalue weighted by atomic mass is 10.2. The number of aliphatic imine (C=N–C) groups is 1. The average Bonchev–Trinajstić information content (AvgIpc) is 3.22. The van der Waals surface area contributed by atoms with Crippen molar-refractivity contribution in [1.29, 1.82) is 0 Å². The molecule has 4 nitrogen and oxygen atoms in total. The molecule has 1 aliphatic carbocycles. The maximum Gasteiger partial charge on any atom is 0.193 e. The van der Waals surface area contributed by atoms with E-state index in [1.54, 1.807) is 0 Å². The van der Waals surface area contributed by atoms with Crippen LogP contribution in [0.2, 0.25) is 0 Å². The van der Waals surface area contributed by atoms with E-state index in [4.69, 9.17) is 4.74 Å². The Morgan fingerprint density at radius 2 is 2.11 bits per heavy atom. The Labute approximate surface area is 118 Å². The first-order chi connectivity index (χ1) is 9.27. The largest absolute Gasteiger partial charge is 0.379 e. The van der Waals surface area contributed by atoms with Crippen molar-refractivity contribution in [3.63, 3.8) is 0 Å². The van der Waals surface area contributed by atoms with Crippen molar-refractivity contribution in [2.75, 3.05) is 39.9 Å². The van der Waals surface area contributed by atoms with Crippen LogP contribution in [0.4, 0.5) is 0 Å². The molecular formula is C15H31N3O. The summed E-state index contributed by atoms with van der Waals surface area (Å²) >= 11 is 0. The van der Waals surface area contributed by atoms with Gasteiger partial charge < -0.3 is 15.0 Å². The predicted octanol–water partition coefficient (Wildman–Crippen LogP) is 2.50. The molecule has 0 aromatic rings. The number of likely N-dealkylation sites (N-methyl/N-ethyl adjacent to an activating group) is 1. The lowest BCUT2D eigenvalue weighted by Crippen LogP contribution is -2.40. The zero-order valence-electron chi connectivity index (χ0n) is 13.0. The monoisotopic (exact) mass is 269 g/mol. The molecule has 0 aromatic heterocycles. The van der Waals surface area contributed by atoms with E-state index >= 15 is 0 Å². The minimum absolute atomic E-state index is 0.798. The minimum atomic E-state index is 0.798. The third-order valence-corrected chi connectivity index (χ3v) is 3.34. The van der Waals surface area contributed by atoms with E-state index in [-0.39, 0.29) is 0 Å². The van der Waals surface area contributed by atoms with Crippen LogP contribution in [0, 0.1) is 5.92 Å². The lowest BCUT2D eigenvalue weighted by Gasteiger charge is -2.22. The Morgan fingerprint density at radius 3 is 2.74 bits per heavy atom. The quantitative estimate of drug-likeness (QED) is 0.376. The molecule has 0 unspecified atom stereocenters. The molecule has 1 fully saturated rings. The lowest BCUT2D eigenvalue weighted by molar-refractivity contribution is 0.115. The van der Waals surface area contributed by atoms with Crippen LogP contribution in [0.15, 0.2) is 4.99 Å². The van der Waals surface area contributed by atoms with Crippen molar-refractivity contribution >= 4 is 5.96 Å². The number of guanidine groups is 1. The van der Waals surface area contributed by atoms with Crippen molar-refractivity contribution in [3.8, 4) is 0 Å². The summed E-state index contributed by atoms with van der Waals surface area (Å²) in [5.41, 5.74) is 0. The zero-order chi connectivity index (χ0) is 13.9. The summed E-state index contributed by atoms with van der Waals surface area (Å²) in [6.07, 6.45) is 6.40. The van der Waals surface area contributed by atoms with Gasteiger partial charge >= 0.3 is 0 Å². The molecule has 0 aliphatic heterocycles. The van der Waals surface area contributed by atoms with Gasteiger partial charge in [-0.3, -0.25) is 4.99 Å². The summed E-state index contributed by atoms with van der Waals surface area (Å²) in [7, 11) is 2.09. The Balaban J connectivity index is 2.18. The van der Waals surface area contributed by atoms with Gasteiger partial charge in [-0.15, -0.1) is 0 Å². The molecule has 0 heterocycles. The fourth-order valence-electron chi connectivity index (χ4n) is 1.86. The van der Waals surface area contributed by atoms with Gasteiger partial charge in [0.1, 0.15) is 0 Å². The van der Waals surface area contributed by atoms with Gasteiger partial charge in [-0.1, -0.05) is 19.8 Å². The SMILES string of the molecule is CCCCCN=C(NCC)N(C)CCOCC1CC1. The van der Waals surface area contributed by atoms with E-state index in [1.165, 1.54) is 32.1 Å². The summed E-state index contributed by atoms with van der Waals surface area (Å²) in [6.45, 7) is 8.82. The summed E-state index contributed by atoms with van der Waals surface area (Å²) in [5, 5.41) is 3.34. The van der Waals surface area contributed by atoms with Crippen molar-refractivity contribution in [1.82, 2.24) is 10.2 Å². The highest BCUT2D eigenvalue weighted by Crippen LogP contribution is 2.28. The van der Waals surface area contributed by atoms with Crippen LogP contribution in [0.1, 0.15) is 46.0 Å². The topological polar surface area (TPSA) is 36.9 Å². The standard InChI is InChI=1S/C15H31N3O/c1-4-6-7-10-17-15(16-5-2)18(3)11-12-19-13-14-8-9-14/h14H,4-13H2,1-3H3,(H,16,17). The van der Waals surface area contributed by atoms with Gasteiger partial charge in [-0.25, -0.2) is 0 Å². The summed E-state index contributed by atoms with van der Waals surface area (Å²) < 4.78 is 5.68. The normalized spacial score (nSPS) is 15.6. The first kappa shape index (κ1) is 16.3. The van der Waals surface area contributed by atoms with Crippen molar-refractivity contribution in [2.24, 2.45) is 10.9 Å². The molecule has 1 aliphatic rings. The molecule has 1 saturated carbocycles. The third-order valence-electron chi connectivity index (χ3n) is 3.34. The van der Waals surface area contributed by atoms with Crippen LogP contribution >= 0.6 is 0 Å². The number of hydrogen-bond donors (Lipinski definition) is 1. The number of ether oxygens (including phenoxy) is 1. The molecule has 0 bridgehead atoms. The zero-order valence-corrected chi connectivity index (χ0v) is 13.0. The van der Waals surface area contributed by atoms with Crippen LogP contribution in [0.5, 0.6) is 0 Å². The number of nitrogens with zero attached hydrogens (tertiary/aromatic N) is 2. The predicted molar refractivity (Wildman–Crippen MR) is 81.7 cm³/mol. The summed E-state index contributed by atoms with van der Waals surface area (Å²) in [6, 6.07) is 0. The first-order valence-corrected chi connectivity index (χ1v) is 7.85. The third kappa shape index (κ3) is 8.09. The molecule has 1 N–H and O–H groups in total. The van der Waals surface area contributed by atoms with Gasteiger partial charge in [0, 0.05) is 33.3 Å². The fourth-order valence-corrected chi connectivity index (χ4v) is 1.86. The summed E-state index contributed by atoms with van der Waals surface area (Å²) in [5.74, 6) is 1.86. The minimum Gasteiger partial charge on any atom is -0.379 e. The number of nitrogens with one attached hydrogen (secondary N) is 1. The molecule has 4 heteroatoms. The van der Waals surface area contributed by atoms with E-state index in [2.05, 4.69) is 36.1 Å². The second-order valence-corrected chi connectivity index (χ2v) is 5.38. The number of unbranched alkanes of at least 4 members (excludes halogenated alkanes) is 2. The molecule has 1 rings (SSSR count). The van der Waals surface area contributed by atoms with Crippen molar-refractivity contribution in [3.05, 3.63) is 0 Å². The van der Waals surface area contributed by atoms with Gasteiger partial charge in [0.05, 0.1) is 6.61 Å². The van der Waals surface area contributed by atoms with Crippen molar-refractivity contribution in [2.45, 2.75) is 46.0 Å². The van der Waals surface area contributed by atoms with Gasteiger partial charge in [-0.2, -0.15) is 0 Å². The molecule has 0 amide bonds. The van der Waals surface area contributed by atoms with Crippen LogP contribution in [0.3, 0.4) is 0 Å². The van der Waals surface area contributed by atoms with E-state index in [9.17, 15) is 0 Å². The number of hydrogen-bond acceptors (Lipinski definition) is 2.